The van der Waals surface area contributed by atoms with Gasteiger partial charge >= 0.3 is 0 Å². The van der Waals surface area contributed by atoms with Gasteiger partial charge in [0.2, 0.25) is 0 Å². The molecule has 0 aromatic heterocycles. The van der Waals surface area contributed by atoms with Crippen LogP contribution in [0.25, 0.3) is 0 Å². The van der Waals surface area contributed by atoms with Crippen molar-refractivity contribution in [1.29, 1.82) is 0 Å². The summed E-state index contributed by atoms with van der Waals surface area (Å²) in [4.78, 5) is 12.9. The standard InChI is InChI=1S/C8H14ClNO2/c1-4-10(5-2)8(12)7(9)6(3)11/h11H,4-5H2,1-3H3/b7-6+. The average molecular weight is 192 g/mol. The minimum atomic E-state index is -0.318. The number of rotatable bonds is 3. The lowest BCUT2D eigenvalue weighted by atomic mass is 10.4. The summed E-state index contributed by atoms with van der Waals surface area (Å²) >= 11 is 5.56. The maximum Gasteiger partial charge on any atom is 0.268 e. The van der Waals surface area contributed by atoms with Crippen molar-refractivity contribution < 1.29 is 9.90 Å². The third-order valence-corrected chi connectivity index (χ3v) is 1.99. The summed E-state index contributed by atoms with van der Waals surface area (Å²) in [6.45, 7) is 6.30. The fourth-order valence-corrected chi connectivity index (χ4v) is 0.924. The molecular formula is C8H14ClNO2. The highest BCUT2D eigenvalue weighted by molar-refractivity contribution is 6.42. The molecule has 0 unspecified atom stereocenters. The van der Waals surface area contributed by atoms with Gasteiger partial charge < -0.3 is 10.0 Å². The predicted molar refractivity (Wildman–Crippen MR) is 49.1 cm³/mol. The zero-order valence-electron chi connectivity index (χ0n) is 7.59. The summed E-state index contributed by atoms with van der Waals surface area (Å²) in [6.07, 6.45) is 0. The van der Waals surface area contributed by atoms with Crippen LogP contribution in [0.1, 0.15) is 20.8 Å². The van der Waals surface area contributed by atoms with Crippen molar-refractivity contribution in [3.05, 3.63) is 10.8 Å². The molecule has 0 saturated carbocycles. The molecule has 0 aliphatic rings. The van der Waals surface area contributed by atoms with Gasteiger partial charge in [0.25, 0.3) is 5.91 Å². The molecule has 0 aromatic carbocycles. The second kappa shape index (κ2) is 5.04. The molecule has 0 rings (SSSR count). The molecule has 0 heterocycles. The second-order valence-electron chi connectivity index (χ2n) is 2.38. The van der Waals surface area contributed by atoms with E-state index < -0.39 is 0 Å². The molecule has 0 radical (unpaired) electrons. The number of carbonyl (C=O) groups excluding carboxylic acids is 1. The Morgan fingerprint density at radius 1 is 1.42 bits per heavy atom. The van der Waals surface area contributed by atoms with E-state index in [1.807, 2.05) is 13.8 Å². The zero-order chi connectivity index (χ0) is 9.72. The van der Waals surface area contributed by atoms with Crippen molar-refractivity contribution in [2.24, 2.45) is 0 Å². The van der Waals surface area contributed by atoms with Gasteiger partial charge in [0.15, 0.2) is 0 Å². The van der Waals surface area contributed by atoms with Crippen LogP contribution in [0, 0.1) is 0 Å². The normalized spacial score (nSPS) is 12.3. The second-order valence-corrected chi connectivity index (χ2v) is 2.75. The van der Waals surface area contributed by atoms with E-state index in [2.05, 4.69) is 0 Å². The quantitative estimate of drug-likeness (QED) is 0.547. The minimum Gasteiger partial charge on any atom is -0.511 e. The fraction of sp³-hybridized carbons (Fsp3) is 0.625. The Bertz CT molecular complexity index is 193. The van der Waals surface area contributed by atoms with Crippen LogP contribution in [0.5, 0.6) is 0 Å². The minimum absolute atomic E-state index is 0.0984. The number of hydrogen-bond acceptors (Lipinski definition) is 2. The SMILES string of the molecule is CCN(CC)C(=O)/C(Cl)=C(/C)O. The van der Waals surface area contributed by atoms with Crippen LogP contribution in [-0.2, 0) is 4.79 Å². The molecule has 4 heteroatoms. The molecule has 0 atom stereocenters. The number of hydrogen-bond donors (Lipinski definition) is 1. The maximum atomic E-state index is 11.3. The number of allylic oxidation sites excluding steroid dienone is 1. The third kappa shape index (κ3) is 2.74. The van der Waals surface area contributed by atoms with Gasteiger partial charge in [-0.1, -0.05) is 11.6 Å². The number of aliphatic hydroxyl groups is 1. The Hall–Kier alpha value is -0.700. The first-order valence-corrected chi connectivity index (χ1v) is 4.26. The highest BCUT2D eigenvalue weighted by Crippen LogP contribution is 2.10. The van der Waals surface area contributed by atoms with Crippen molar-refractivity contribution in [3.63, 3.8) is 0 Å². The lowest BCUT2D eigenvalue weighted by molar-refractivity contribution is -0.126. The molecule has 1 N–H and O–H groups in total. The van der Waals surface area contributed by atoms with E-state index in [1.54, 1.807) is 4.90 Å². The monoisotopic (exact) mass is 191 g/mol. The van der Waals surface area contributed by atoms with E-state index in [0.29, 0.717) is 13.1 Å². The largest absolute Gasteiger partial charge is 0.511 e. The lowest BCUT2D eigenvalue weighted by Gasteiger charge is -2.17. The molecule has 70 valence electrons. The number of halogens is 1. The molecule has 0 saturated heterocycles. The fourth-order valence-electron chi connectivity index (χ4n) is 0.804. The maximum absolute atomic E-state index is 11.3. The van der Waals surface area contributed by atoms with E-state index in [0.717, 1.165) is 0 Å². The molecule has 0 spiro atoms. The molecule has 0 fully saturated rings. The smallest absolute Gasteiger partial charge is 0.268 e. The highest BCUT2D eigenvalue weighted by Gasteiger charge is 2.15. The first-order valence-electron chi connectivity index (χ1n) is 3.89. The van der Waals surface area contributed by atoms with Crippen molar-refractivity contribution in [3.8, 4) is 0 Å². The van der Waals surface area contributed by atoms with E-state index >= 15 is 0 Å². The summed E-state index contributed by atoms with van der Waals surface area (Å²) in [7, 11) is 0. The summed E-state index contributed by atoms with van der Waals surface area (Å²) in [5.41, 5.74) is 0. The van der Waals surface area contributed by atoms with Crippen LogP contribution >= 0.6 is 11.6 Å². The van der Waals surface area contributed by atoms with E-state index in [-0.39, 0.29) is 16.7 Å². The van der Waals surface area contributed by atoms with Crippen LogP contribution in [0.4, 0.5) is 0 Å². The Balaban J connectivity index is 4.48. The number of carbonyl (C=O) groups is 1. The molecule has 12 heavy (non-hydrogen) atoms. The number of amides is 1. The molecule has 0 bridgehead atoms. The third-order valence-electron chi connectivity index (χ3n) is 1.56. The van der Waals surface area contributed by atoms with Gasteiger partial charge in [-0.25, -0.2) is 0 Å². The number of nitrogens with zero attached hydrogens (tertiary/aromatic N) is 1. The van der Waals surface area contributed by atoms with Gasteiger partial charge in [0.1, 0.15) is 10.8 Å². The van der Waals surface area contributed by atoms with Gasteiger partial charge in [-0.3, -0.25) is 4.79 Å². The van der Waals surface area contributed by atoms with Crippen LogP contribution in [-0.4, -0.2) is 29.0 Å². The average Bonchev–Trinajstić information content (AvgIpc) is 2.05. The van der Waals surface area contributed by atoms with Crippen LogP contribution in [0.2, 0.25) is 0 Å². The van der Waals surface area contributed by atoms with Crippen molar-refractivity contribution in [2.75, 3.05) is 13.1 Å². The predicted octanol–water partition coefficient (Wildman–Crippen LogP) is 1.88. The highest BCUT2D eigenvalue weighted by atomic mass is 35.5. The molecule has 1 amide bonds. The summed E-state index contributed by atoms with van der Waals surface area (Å²) in [6, 6.07) is 0. The van der Waals surface area contributed by atoms with Crippen LogP contribution in [0.15, 0.2) is 10.8 Å². The van der Waals surface area contributed by atoms with Crippen molar-refractivity contribution in [1.82, 2.24) is 4.90 Å². The molecule has 0 aliphatic heterocycles. The van der Waals surface area contributed by atoms with E-state index in [1.165, 1.54) is 6.92 Å². The van der Waals surface area contributed by atoms with E-state index in [4.69, 9.17) is 16.7 Å². The van der Waals surface area contributed by atoms with Crippen molar-refractivity contribution >= 4 is 17.5 Å². The first-order chi connectivity index (χ1) is 5.54. The van der Waals surface area contributed by atoms with Gasteiger partial charge in [-0.2, -0.15) is 0 Å². The Morgan fingerprint density at radius 3 is 2.08 bits per heavy atom. The first kappa shape index (κ1) is 11.3. The zero-order valence-corrected chi connectivity index (χ0v) is 8.35. The Kier molecular flexibility index (Phi) is 4.74. The number of likely N-dealkylation sites (N-methyl/N-ethyl adjacent to an activating group) is 1. The van der Waals surface area contributed by atoms with Crippen molar-refractivity contribution in [2.45, 2.75) is 20.8 Å². The Labute approximate surface area is 77.6 Å². The summed E-state index contributed by atoms with van der Waals surface area (Å²) < 4.78 is 0. The Morgan fingerprint density at radius 2 is 1.83 bits per heavy atom. The lowest BCUT2D eigenvalue weighted by Crippen LogP contribution is -2.30. The topological polar surface area (TPSA) is 40.5 Å². The van der Waals surface area contributed by atoms with Gasteiger partial charge in [-0.05, 0) is 20.8 Å². The van der Waals surface area contributed by atoms with Crippen LogP contribution in [0.3, 0.4) is 0 Å². The molecular weight excluding hydrogens is 178 g/mol. The molecule has 0 aliphatic carbocycles. The summed E-state index contributed by atoms with van der Waals surface area (Å²) in [5, 5.41) is 8.83. The molecule has 0 aromatic rings. The van der Waals surface area contributed by atoms with Gasteiger partial charge in [0.05, 0.1) is 0 Å². The molecule has 3 nitrogen and oxygen atoms in total. The van der Waals surface area contributed by atoms with Gasteiger partial charge in [-0.15, -0.1) is 0 Å². The van der Waals surface area contributed by atoms with Crippen LogP contribution < -0.4 is 0 Å². The van der Waals surface area contributed by atoms with Gasteiger partial charge in [0, 0.05) is 13.1 Å². The summed E-state index contributed by atoms with van der Waals surface area (Å²) in [5.74, 6) is -0.449. The number of aliphatic hydroxyl groups excluding tert-OH is 1. The van der Waals surface area contributed by atoms with E-state index in [9.17, 15) is 4.79 Å².